The highest BCUT2D eigenvalue weighted by Crippen LogP contribution is 2.12. The summed E-state index contributed by atoms with van der Waals surface area (Å²) in [6, 6.07) is -0.433. The number of sulfone groups is 1. The first-order valence-electron chi connectivity index (χ1n) is 5.87. The Kier molecular flexibility index (Phi) is 3.44. The lowest BCUT2D eigenvalue weighted by Gasteiger charge is -2.11. The average molecular weight is 285 g/mol. The maximum Gasteiger partial charge on any atom is 0.264 e. The molecule has 7 nitrogen and oxygen atoms in total. The Balaban J connectivity index is 2.20. The standard InChI is InChI=1S/C11H15N3O4S/c1-6-9(10(15)13-7(2)12-6)11(16)14-8-3-4-19(17,18)5-8/h8H,3-5H2,1-2H3,(H,14,16)(H,12,13,15). The second-order valence-corrected chi connectivity index (χ2v) is 6.91. The highest BCUT2D eigenvalue weighted by Gasteiger charge is 2.30. The zero-order valence-corrected chi connectivity index (χ0v) is 11.5. The number of hydrogen-bond acceptors (Lipinski definition) is 5. The fourth-order valence-corrected chi connectivity index (χ4v) is 3.83. The molecule has 1 fully saturated rings. The Hall–Kier alpha value is -1.70. The van der Waals surface area contributed by atoms with E-state index in [0.29, 0.717) is 17.9 Å². The van der Waals surface area contributed by atoms with Gasteiger partial charge < -0.3 is 10.3 Å². The molecular weight excluding hydrogens is 270 g/mol. The second-order valence-electron chi connectivity index (χ2n) is 4.69. The summed E-state index contributed by atoms with van der Waals surface area (Å²) in [7, 11) is -3.07. The minimum atomic E-state index is -3.07. The van der Waals surface area contributed by atoms with Gasteiger partial charge in [0.05, 0.1) is 17.2 Å². The van der Waals surface area contributed by atoms with E-state index in [2.05, 4.69) is 15.3 Å². The van der Waals surface area contributed by atoms with Gasteiger partial charge in [0, 0.05) is 6.04 Å². The third-order valence-corrected chi connectivity index (χ3v) is 4.78. The van der Waals surface area contributed by atoms with Gasteiger partial charge in [-0.15, -0.1) is 0 Å². The van der Waals surface area contributed by atoms with E-state index in [4.69, 9.17) is 0 Å². The number of nitrogens with zero attached hydrogens (tertiary/aromatic N) is 1. The van der Waals surface area contributed by atoms with E-state index < -0.39 is 27.3 Å². The van der Waals surface area contributed by atoms with Crippen molar-refractivity contribution in [2.24, 2.45) is 0 Å². The highest BCUT2D eigenvalue weighted by molar-refractivity contribution is 7.91. The first-order valence-corrected chi connectivity index (χ1v) is 7.69. The van der Waals surface area contributed by atoms with Gasteiger partial charge in [-0.05, 0) is 20.3 Å². The molecular formula is C11H15N3O4S. The minimum absolute atomic E-state index is 0.0603. The topological polar surface area (TPSA) is 109 Å². The van der Waals surface area contributed by atoms with E-state index in [1.165, 1.54) is 0 Å². The molecule has 1 unspecified atom stereocenters. The number of rotatable bonds is 2. The van der Waals surface area contributed by atoms with Crippen LogP contribution in [0.5, 0.6) is 0 Å². The number of H-pyrrole nitrogens is 1. The Labute approximate surface area is 110 Å². The molecule has 0 aromatic carbocycles. The lowest BCUT2D eigenvalue weighted by molar-refractivity contribution is 0.0938. The summed E-state index contributed by atoms with van der Waals surface area (Å²) >= 11 is 0. The predicted octanol–water partition coefficient (Wildman–Crippen LogP) is -0.696. The minimum Gasteiger partial charge on any atom is -0.348 e. The Bertz CT molecular complexity index is 678. The molecule has 1 aliphatic heterocycles. The fourth-order valence-electron chi connectivity index (χ4n) is 2.16. The third kappa shape index (κ3) is 3.01. The van der Waals surface area contributed by atoms with Crippen LogP contribution in [-0.4, -0.2) is 41.8 Å². The van der Waals surface area contributed by atoms with Crippen LogP contribution in [0, 0.1) is 13.8 Å². The number of amides is 1. The van der Waals surface area contributed by atoms with Crippen LogP contribution in [0.2, 0.25) is 0 Å². The Morgan fingerprint density at radius 1 is 1.42 bits per heavy atom. The van der Waals surface area contributed by atoms with Crippen molar-refractivity contribution in [3.8, 4) is 0 Å². The highest BCUT2D eigenvalue weighted by atomic mass is 32.2. The van der Waals surface area contributed by atoms with E-state index in [0.717, 1.165) is 0 Å². The van der Waals surface area contributed by atoms with Crippen molar-refractivity contribution in [2.75, 3.05) is 11.5 Å². The molecule has 8 heteroatoms. The van der Waals surface area contributed by atoms with Crippen molar-refractivity contribution in [2.45, 2.75) is 26.3 Å². The van der Waals surface area contributed by atoms with Crippen molar-refractivity contribution in [1.82, 2.24) is 15.3 Å². The quantitative estimate of drug-likeness (QED) is 0.747. The number of hydrogen-bond donors (Lipinski definition) is 2. The molecule has 0 saturated carbocycles. The zero-order chi connectivity index (χ0) is 14.2. The number of nitrogens with one attached hydrogen (secondary N) is 2. The van der Waals surface area contributed by atoms with E-state index in [1.54, 1.807) is 13.8 Å². The van der Waals surface area contributed by atoms with Crippen LogP contribution in [-0.2, 0) is 9.84 Å². The van der Waals surface area contributed by atoms with E-state index >= 15 is 0 Å². The van der Waals surface area contributed by atoms with Gasteiger partial charge in [-0.3, -0.25) is 9.59 Å². The molecule has 1 amide bonds. The third-order valence-electron chi connectivity index (χ3n) is 3.01. The van der Waals surface area contributed by atoms with Crippen molar-refractivity contribution < 1.29 is 13.2 Å². The van der Waals surface area contributed by atoms with Crippen LogP contribution in [0.25, 0.3) is 0 Å². The van der Waals surface area contributed by atoms with Gasteiger partial charge in [0.25, 0.3) is 11.5 Å². The normalized spacial score (nSPS) is 21.3. The molecule has 1 saturated heterocycles. The van der Waals surface area contributed by atoms with Gasteiger partial charge in [-0.1, -0.05) is 0 Å². The van der Waals surface area contributed by atoms with Crippen LogP contribution >= 0.6 is 0 Å². The molecule has 1 aromatic rings. The summed E-state index contributed by atoms with van der Waals surface area (Å²) in [6.07, 6.45) is 0.379. The van der Waals surface area contributed by atoms with E-state index in [9.17, 15) is 18.0 Å². The van der Waals surface area contributed by atoms with E-state index in [-0.39, 0.29) is 17.1 Å². The molecule has 1 aliphatic rings. The lowest BCUT2D eigenvalue weighted by Crippen LogP contribution is -2.39. The first-order chi connectivity index (χ1) is 8.78. The van der Waals surface area contributed by atoms with Gasteiger partial charge in [0.1, 0.15) is 11.4 Å². The number of aromatic amines is 1. The molecule has 104 valence electrons. The monoisotopic (exact) mass is 285 g/mol. The maximum atomic E-state index is 12.0. The molecule has 0 spiro atoms. The van der Waals surface area contributed by atoms with Crippen LogP contribution in [0.15, 0.2) is 4.79 Å². The molecule has 2 heterocycles. The number of aromatic nitrogens is 2. The average Bonchev–Trinajstić information content (AvgIpc) is 2.56. The van der Waals surface area contributed by atoms with Gasteiger partial charge in [0.2, 0.25) is 0 Å². The summed E-state index contributed by atoms with van der Waals surface area (Å²) in [5.74, 6) is -0.148. The molecule has 1 aromatic heterocycles. The summed E-state index contributed by atoms with van der Waals surface area (Å²) in [5, 5.41) is 2.57. The molecule has 2 N–H and O–H groups in total. The zero-order valence-electron chi connectivity index (χ0n) is 10.7. The van der Waals surface area contributed by atoms with Crippen molar-refractivity contribution in [3.05, 3.63) is 27.4 Å². The van der Waals surface area contributed by atoms with Crippen LogP contribution in [0.4, 0.5) is 0 Å². The molecule has 0 bridgehead atoms. The number of carbonyl (C=O) groups excluding carboxylic acids is 1. The van der Waals surface area contributed by atoms with Crippen LogP contribution in [0.3, 0.4) is 0 Å². The van der Waals surface area contributed by atoms with Crippen molar-refractivity contribution >= 4 is 15.7 Å². The second kappa shape index (κ2) is 4.76. The van der Waals surface area contributed by atoms with E-state index in [1.807, 2.05) is 0 Å². The molecule has 0 radical (unpaired) electrons. The maximum absolute atomic E-state index is 12.0. The van der Waals surface area contributed by atoms with Crippen LogP contribution in [0.1, 0.15) is 28.3 Å². The first kappa shape index (κ1) is 13.7. The van der Waals surface area contributed by atoms with Crippen molar-refractivity contribution in [1.29, 1.82) is 0 Å². The SMILES string of the molecule is Cc1nc(C)c(C(=O)NC2CCS(=O)(=O)C2)c(=O)[nH]1. The smallest absolute Gasteiger partial charge is 0.264 e. The largest absolute Gasteiger partial charge is 0.348 e. The Morgan fingerprint density at radius 2 is 2.11 bits per heavy atom. The number of aryl methyl sites for hydroxylation is 2. The van der Waals surface area contributed by atoms with Crippen LogP contribution < -0.4 is 10.9 Å². The fraction of sp³-hybridized carbons (Fsp3) is 0.545. The van der Waals surface area contributed by atoms with Gasteiger partial charge in [0.15, 0.2) is 9.84 Å². The summed E-state index contributed by atoms with van der Waals surface area (Å²) in [5.41, 5.74) is -0.238. The lowest BCUT2D eigenvalue weighted by atomic mass is 10.2. The summed E-state index contributed by atoms with van der Waals surface area (Å²) < 4.78 is 22.6. The molecule has 19 heavy (non-hydrogen) atoms. The van der Waals surface area contributed by atoms with Gasteiger partial charge in [-0.2, -0.15) is 0 Å². The predicted molar refractivity (Wildman–Crippen MR) is 68.9 cm³/mol. The number of carbonyl (C=O) groups is 1. The molecule has 0 aliphatic carbocycles. The molecule has 1 atom stereocenters. The van der Waals surface area contributed by atoms with Gasteiger partial charge >= 0.3 is 0 Å². The molecule has 2 rings (SSSR count). The summed E-state index contributed by atoms with van der Waals surface area (Å²) in [4.78, 5) is 30.2. The summed E-state index contributed by atoms with van der Waals surface area (Å²) in [6.45, 7) is 3.20. The van der Waals surface area contributed by atoms with Crippen molar-refractivity contribution in [3.63, 3.8) is 0 Å². The Morgan fingerprint density at radius 3 is 2.63 bits per heavy atom. The van der Waals surface area contributed by atoms with Gasteiger partial charge in [-0.25, -0.2) is 13.4 Å².